The van der Waals surface area contributed by atoms with E-state index in [9.17, 15) is 19.2 Å². The van der Waals surface area contributed by atoms with Crippen LogP contribution in [-0.4, -0.2) is 80.0 Å². The zero-order valence-electron chi connectivity index (χ0n) is 26.3. The summed E-state index contributed by atoms with van der Waals surface area (Å²) in [5.41, 5.74) is 7.09. The van der Waals surface area contributed by atoms with Crippen LogP contribution in [0.4, 0.5) is 0 Å². The van der Waals surface area contributed by atoms with Gasteiger partial charge in [0.25, 0.3) is 5.91 Å². The van der Waals surface area contributed by atoms with Crippen molar-refractivity contribution in [1.82, 2.24) is 15.5 Å². The van der Waals surface area contributed by atoms with E-state index in [1.807, 2.05) is 51.1 Å². The van der Waals surface area contributed by atoms with Gasteiger partial charge >= 0.3 is 5.97 Å². The molecular weight excluding hydrogens is 580 g/mol. The Labute approximate surface area is 263 Å². The molecule has 2 aliphatic rings. The zero-order chi connectivity index (χ0) is 32.5. The number of methoxy groups -OCH3 is 1. The number of carbonyl (C=O) groups is 4. The number of ether oxygens (including phenoxy) is 4. The summed E-state index contributed by atoms with van der Waals surface area (Å²) in [6.45, 7) is 6.96. The van der Waals surface area contributed by atoms with Gasteiger partial charge in [0.2, 0.25) is 18.1 Å². The Balaban J connectivity index is 1.29. The molecule has 2 aromatic carbocycles. The summed E-state index contributed by atoms with van der Waals surface area (Å²) >= 11 is 0. The van der Waals surface area contributed by atoms with Gasteiger partial charge in [-0.15, -0.1) is 0 Å². The van der Waals surface area contributed by atoms with Gasteiger partial charge in [-0.25, -0.2) is 4.79 Å². The summed E-state index contributed by atoms with van der Waals surface area (Å²) in [5, 5.41) is 5.51. The number of primary amides is 1. The topological polar surface area (TPSA) is 162 Å². The van der Waals surface area contributed by atoms with E-state index in [1.54, 1.807) is 18.2 Å². The summed E-state index contributed by atoms with van der Waals surface area (Å²) < 4.78 is 22.3. The van der Waals surface area contributed by atoms with Crippen LogP contribution in [0, 0.1) is 18.8 Å². The second-order valence-electron chi connectivity index (χ2n) is 12.0. The van der Waals surface area contributed by atoms with Gasteiger partial charge in [0.05, 0.1) is 7.11 Å². The highest BCUT2D eigenvalue weighted by molar-refractivity contribution is 5.91. The molecule has 0 aliphatic carbocycles. The highest BCUT2D eigenvalue weighted by Crippen LogP contribution is 2.32. The Bertz CT molecular complexity index is 1330. The molecule has 0 spiro atoms. The van der Waals surface area contributed by atoms with Crippen LogP contribution in [0.15, 0.2) is 48.5 Å². The lowest BCUT2D eigenvalue weighted by molar-refractivity contribution is -0.145. The number of benzene rings is 2. The van der Waals surface area contributed by atoms with Crippen LogP contribution >= 0.6 is 0 Å². The number of hydrogen-bond donors (Lipinski definition) is 3. The van der Waals surface area contributed by atoms with Crippen LogP contribution in [-0.2, 0) is 35.1 Å². The van der Waals surface area contributed by atoms with Crippen LogP contribution in [0.25, 0.3) is 0 Å². The number of nitrogens with two attached hydrogens (primary N) is 1. The molecule has 2 saturated heterocycles. The van der Waals surface area contributed by atoms with Crippen molar-refractivity contribution in [2.45, 2.75) is 71.1 Å². The van der Waals surface area contributed by atoms with Gasteiger partial charge in [0.1, 0.15) is 23.6 Å². The minimum Gasteiger partial charge on any atom is -0.484 e. The van der Waals surface area contributed by atoms with Crippen LogP contribution in [0.3, 0.4) is 0 Å². The van der Waals surface area contributed by atoms with Gasteiger partial charge in [0, 0.05) is 25.4 Å². The van der Waals surface area contributed by atoms with Crippen LogP contribution in [0.1, 0.15) is 44.2 Å². The van der Waals surface area contributed by atoms with E-state index in [0.29, 0.717) is 30.8 Å². The molecule has 0 aromatic heterocycles. The molecule has 45 heavy (non-hydrogen) atoms. The number of hydrogen-bond acceptors (Lipinski definition) is 9. The molecule has 3 amide bonds. The Morgan fingerprint density at radius 1 is 1.00 bits per heavy atom. The van der Waals surface area contributed by atoms with E-state index >= 15 is 0 Å². The molecular formula is C33H44N4O8. The van der Waals surface area contributed by atoms with E-state index in [2.05, 4.69) is 15.5 Å². The van der Waals surface area contributed by atoms with Crippen molar-refractivity contribution in [3.63, 3.8) is 0 Å². The molecule has 244 valence electrons. The highest BCUT2D eigenvalue weighted by Gasteiger charge is 2.47. The van der Waals surface area contributed by atoms with Crippen molar-refractivity contribution in [2.24, 2.45) is 17.6 Å². The largest absolute Gasteiger partial charge is 0.484 e. The molecule has 2 fully saturated rings. The molecule has 2 heterocycles. The van der Waals surface area contributed by atoms with Crippen LogP contribution in [0.2, 0.25) is 0 Å². The first-order valence-electron chi connectivity index (χ1n) is 15.3. The minimum atomic E-state index is -0.969. The number of carbonyl (C=O) groups excluding carboxylic acids is 4. The molecule has 2 aromatic rings. The summed E-state index contributed by atoms with van der Waals surface area (Å²) in [6, 6.07) is 12.7. The van der Waals surface area contributed by atoms with Crippen molar-refractivity contribution in [1.29, 1.82) is 0 Å². The lowest BCUT2D eigenvalue weighted by Gasteiger charge is -2.28. The number of rotatable bonds is 15. The average Bonchev–Trinajstić information content (AvgIpc) is 3.79. The van der Waals surface area contributed by atoms with E-state index < -0.39 is 36.2 Å². The van der Waals surface area contributed by atoms with Crippen molar-refractivity contribution < 1.29 is 38.1 Å². The third-order valence-corrected chi connectivity index (χ3v) is 7.95. The fourth-order valence-electron chi connectivity index (χ4n) is 5.36. The van der Waals surface area contributed by atoms with Gasteiger partial charge in [0.15, 0.2) is 12.8 Å². The number of nitrogens with one attached hydrogen (secondary N) is 2. The lowest BCUT2D eigenvalue weighted by atomic mass is 9.96. The molecule has 12 nitrogen and oxygen atoms in total. The maximum Gasteiger partial charge on any atom is 0.328 e. The second-order valence-corrected chi connectivity index (χ2v) is 12.0. The Kier molecular flexibility index (Phi) is 11.8. The van der Waals surface area contributed by atoms with Gasteiger partial charge in [-0.1, -0.05) is 44.2 Å². The molecule has 0 saturated carbocycles. The number of epoxide rings is 1. The van der Waals surface area contributed by atoms with Gasteiger partial charge in [-0.05, 0) is 61.4 Å². The fourth-order valence-corrected chi connectivity index (χ4v) is 5.36. The third kappa shape index (κ3) is 9.92. The number of aryl methyl sites for hydroxylation is 1. The fraction of sp³-hybridized carbons (Fsp3) is 0.515. The second kappa shape index (κ2) is 15.7. The molecule has 4 rings (SSSR count). The predicted molar refractivity (Wildman–Crippen MR) is 165 cm³/mol. The standard InChI is InChI=1S/C33H44N4O8/c1-20(2)17-25(35-28(38)19-43-27-8-6-5-7-21(27)3)30(40)36-26(32(41)42-4)18-22-9-11-24(12-10-22)44-33-31(45-33)37-15-13-23(14-16-37)29(34)39/h5-12,20,23,25-26,31,33H,13-19H2,1-4H3,(H2,34,39)(H,35,38)(H,36,40)/t25-,26-,31?,33?/m0/s1. The van der Waals surface area contributed by atoms with Crippen LogP contribution in [0.5, 0.6) is 11.5 Å². The Morgan fingerprint density at radius 2 is 1.69 bits per heavy atom. The van der Waals surface area contributed by atoms with E-state index in [4.69, 9.17) is 24.7 Å². The van der Waals surface area contributed by atoms with E-state index in [1.165, 1.54) is 7.11 Å². The van der Waals surface area contributed by atoms with Crippen molar-refractivity contribution >= 4 is 23.7 Å². The maximum absolute atomic E-state index is 13.3. The SMILES string of the molecule is COC(=O)[C@H](Cc1ccc(OC2OC2N2CCC(C(N)=O)CC2)cc1)NC(=O)[C@H](CC(C)C)NC(=O)COc1ccccc1C. The smallest absolute Gasteiger partial charge is 0.328 e. The molecule has 0 bridgehead atoms. The molecule has 4 N–H and O–H groups in total. The first-order chi connectivity index (χ1) is 21.5. The first kappa shape index (κ1) is 33.7. The third-order valence-electron chi connectivity index (χ3n) is 7.95. The maximum atomic E-state index is 13.3. The van der Waals surface area contributed by atoms with E-state index in [-0.39, 0.29) is 37.0 Å². The summed E-state index contributed by atoms with van der Waals surface area (Å²) in [6.07, 6.45) is 1.40. The number of piperidine rings is 1. The number of para-hydroxylation sites is 1. The predicted octanol–water partition coefficient (Wildman–Crippen LogP) is 2.06. The number of esters is 1. The van der Waals surface area contributed by atoms with Crippen molar-refractivity contribution in [2.75, 3.05) is 26.8 Å². The monoisotopic (exact) mass is 624 g/mol. The van der Waals surface area contributed by atoms with Gasteiger partial charge in [-0.2, -0.15) is 0 Å². The summed E-state index contributed by atoms with van der Waals surface area (Å²) in [7, 11) is 1.26. The summed E-state index contributed by atoms with van der Waals surface area (Å²) in [5.74, 6) is -0.587. The number of nitrogens with zero attached hydrogens (tertiary/aromatic N) is 1. The van der Waals surface area contributed by atoms with Crippen molar-refractivity contribution in [3.05, 3.63) is 59.7 Å². The van der Waals surface area contributed by atoms with Crippen LogP contribution < -0.4 is 25.8 Å². The molecule has 4 atom stereocenters. The molecule has 2 aliphatic heterocycles. The quantitative estimate of drug-likeness (QED) is 0.199. The average molecular weight is 625 g/mol. The molecule has 0 radical (unpaired) electrons. The van der Waals surface area contributed by atoms with Crippen molar-refractivity contribution in [3.8, 4) is 11.5 Å². The lowest BCUT2D eigenvalue weighted by Crippen LogP contribution is -2.53. The first-order valence-corrected chi connectivity index (χ1v) is 15.3. The van der Waals surface area contributed by atoms with E-state index in [0.717, 1.165) is 24.2 Å². The Hall–Kier alpha value is -4.16. The van der Waals surface area contributed by atoms with Gasteiger partial charge in [-0.3, -0.25) is 19.3 Å². The summed E-state index contributed by atoms with van der Waals surface area (Å²) in [4.78, 5) is 52.2. The molecule has 2 unspecified atom stereocenters. The van der Waals surface area contributed by atoms with Gasteiger partial charge < -0.3 is 35.3 Å². The highest BCUT2D eigenvalue weighted by atomic mass is 16.8. The Morgan fingerprint density at radius 3 is 2.31 bits per heavy atom. The minimum absolute atomic E-state index is 0.0886. The number of likely N-dealkylation sites (tertiary alicyclic amines) is 1. The zero-order valence-corrected chi connectivity index (χ0v) is 26.3. The molecule has 12 heteroatoms. The number of amides is 3. The normalized spacial score (nSPS) is 19.7.